The minimum atomic E-state index is -2.22. The fraction of sp³-hybridized carbons (Fsp3) is 0.367. The number of ether oxygens (including phenoxy) is 2. The first kappa shape index (κ1) is 30.0. The van der Waals surface area contributed by atoms with Gasteiger partial charge in [-0.2, -0.15) is 4.39 Å². The third-order valence-electron chi connectivity index (χ3n) is 7.15. The molecule has 9 heteroatoms. The number of amides is 1. The minimum absolute atomic E-state index is 0.0845. The van der Waals surface area contributed by atoms with E-state index in [1.807, 2.05) is 26.1 Å². The third kappa shape index (κ3) is 6.91. The average Bonchev–Trinajstić information content (AvgIpc) is 2.87. The van der Waals surface area contributed by atoms with Crippen LogP contribution in [-0.2, 0) is 4.43 Å². The zero-order chi connectivity index (χ0) is 29.1. The normalized spacial score (nSPS) is 12.6. The second-order valence-corrected chi connectivity index (χ2v) is 15.8. The molecule has 1 amide bonds. The van der Waals surface area contributed by atoms with Crippen molar-refractivity contribution in [3.05, 3.63) is 71.2 Å². The summed E-state index contributed by atoms with van der Waals surface area (Å²) >= 11 is 0. The van der Waals surface area contributed by atoms with Crippen LogP contribution in [0.3, 0.4) is 0 Å². The number of rotatable bonds is 9. The van der Waals surface area contributed by atoms with E-state index >= 15 is 4.39 Å². The van der Waals surface area contributed by atoms with Gasteiger partial charge in [-0.1, -0.05) is 26.8 Å². The van der Waals surface area contributed by atoms with Gasteiger partial charge < -0.3 is 19.2 Å². The summed E-state index contributed by atoms with van der Waals surface area (Å²) in [6, 6.07) is 13.2. The van der Waals surface area contributed by atoms with E-state index in [1.54, 1.807) is 43.3 Å². The number of hydrogen-bond donors (Lipinski definition) is 1. The highest BCUT2D eigenvalue weighted by Crippen LogP contribution is 2.37. The second-order valence-electron chi connectivity index (χ2n) is 11.0. The number of pyridine rings is 1. The summed E-state index contributed by atoms with van der Waals surface area (Å²) in [5.41, 5.74) is 2.55. The van der Waals surface area contributed by atoms with Crippen molar-refractivity contribution in [2.75, 3.05) is 19.5 Å². The predicted molar refractivity (Wildman–Crippen MR) is 154 cm³/mol. The van der Waals surface area contributed by atoms with E-state index < -0.39 is 26.2 Å². The van der Waals surface area contributed by atoms with Crippen LogP contribution in [0, 0.1) is 12.9 Å². The van der Waals surface area contributed by atoms with Crippen molar-refractivity contribution < 1.29 is 27.9 Å². The molecule has 0 aliphatic carbocycles. The lowest BCUT2D eigenvalue weighted by Crippen LogP contribution is -2.45. The van der Waals surface area contributed by atoms with Crippen LogP contribution in [0.4, 0.5) is 10.1 Å². The number of anilines is 1. The zero-order valence-electron chi connectivity index (χ0n) is 24.1. The van der Waals surface area contributed by atoms with E-state index in [2.05, 4.69) is 31.1 Å². The molecule has 3 aromatic rings. The highest BCUT2D eigenvalue weighted by molar-refractivity contribution is 6.74. The van der Waals surface area contributed by atoms with Gasteiger partial charge in [-0.05, 0) is 73.9 Å². The topological polar surface area (TPSA) is 86.8 Å². The Balaban J connectivity index is 1.85. The lowest BCUT2D eigenvalue weighted by Gasteiger charge is -2.38. The number of ketones is 1. The summed E-state index contributed by atoms with van der Waals surface area (Å²) in [6.45, 7) is 13.9. The Morgan fingerprint density at radius 1 is 0.974 bits per heavy atom. The lowest BCUT2D eigenvalue weighted by molar-refractivity contribution is 0.0790. The van der Waals surface area contributed by atoms with Gasteiger partial charge >= 0.3 is 0 Å². The fourth-order valence-corrected chi connectivity index (χ4v) is 5.12. The largest absolute Gasteiger partial charge is 0.497 e. The quantitative estimate of drug-likeness (QED) is 0.174. The predicted octanol–water partition coefficient (Wildman–Crippen LogP) is 7.06. The van der Waals surface area contributed by atoms with Crippen molar-refractivity contribution in [2.45, 2.75) is 58.9 Å². The Labute approximate surface area is 230 Å². The lowest BCUT2D eigenvalue weighted by atomic mass is 10.0. The van der Waals surface area contributed by atoms with Crippen molar-refractivity contribution in [3.8, 4) is 22.8 Å². The number of methoxy groups -OCH3 is 2. The molecule has 0 aliphatic rings. The van der Waals surface area contributed by atoms with Gasteiger partial charge in [0.15, 0.2) is 14.1 Å². The smallest absolute Gasteiger partial charge is 0.255 e. The van der Waals surface area contributed by atoms with Crippen LogP contribution in [-0.4, -0.2) is 45.3 Å². The van der Waals surface area contributed by atoms with E-state index in [9.17, 15) is 9.59 Å². The van der Waals surface area contributed by atoms with Crippen molar-refractivity contribution in [1.82, 2.24) is 4.98 Å². The van der Waals surface area contributed by atoms with Crippen molar-refractivity contribution >= 4 is 25.7 Å². The van der Waals surface area contributed by atoms with Crippen molar-refractivity contribution in [1.29, 1.82) is 0 Å². The highest BCUT2D eigenvalue weighted by Gasteiger charge is 2.40. The molecule has 7 nitrogen and oxygen atoms in total. The number of carbonyl (C=O) groups excluding carboxylic acids is 2. The van der Waals surface area contributed by atoms with Crippen LogP contribution in [0.2, 0.25) is 18.1 Å². The molecule has 0 spiro atoms. The van der Waals surface area contributed by atoms with Crippen LogP contribution in [0.25, 0.3) is 11.3 Å². The molecule has 0 fully saturated rings. The van der Waals surface area contributed by atoms with Crippen molar-refractivity contribution in [2.24, 2.45) is 0 Å². The zero-order valence-corrected chi connectivity index (χ0v) is 25.1. The molecule has 3 rings (SSSR count). The number of aromatic nitrogens is 1. The Morgan fingerprint density at radius 3 is 2.13 bits per heavy atom. The summed E-state index contributed by atoms with van der Waals surface area (Å²) in [4.78, 5) is 30.1. The van der Waals surface area contributed by atoms with Gasteiger partial charge in [-0.15, -0.1) is 0 Å². The summed E-state index contributed by atoms with van der Waals surface area (Å²) in [6.07, 6.45) is -0.788. The highest BCUT2D eigenvalue weighted by atomic mass is 28.4. The average molecular weight is 553 g/mol. The molecular weight excluding hydrogens is 515 g/mol. The SMILES string of the molecule is COc1cc(OC)cc(C(=O)Nc2ccc(C)c(-c3ccc(C(=O)[C@H](C)O[Si](C)(C)C(C)(C)C)c(F)n3)c2)c1. The van der Waals surface area contributed by atoms with Crippen LogP contribution in [0.1, 0.15) is 54.0 Å². The maximum absolute atomic E-state index is 15.2. The molecule has 0 unspecified atom stereocenters. The number of hydrogen-bond acceptors (Lipinski definition) is 6. The maximum atomic E-state index is 15.2. The van der Waals surface area contributed by atoms with Gasteiger partial charge in [-0.25, -0.2) is 4.98 Å². The molecule has 0 aliphatic heterocycles. The van der Waals surface area contributed by atoms with E-state index in [1.165, 1.54) is 20.3 Å². The van der Waals surface area contributed by atoms with Crippen LogP contribution in [0.5, 0.6) is 11.5 Å². The van der Waals surface area contributed by atoms with Gasteiger partial charge in [0.05, 0.1) is 25.5 Å². The van der Waals surface area contributed by atoms with E-state index in [0.717, 1.165) is 5.56 Å². The fourth-order valence-electron chi connectivity index (χ4n) is 3.78. The molecule has 0 saturated heterocycles. The van der Waals surface area contributed by atoms with Gasteiger partial charge in [-0.3, -0.25) is 9.59 Å². The summed E-state index contributed by atoms with van der Waals surface area (Å²) in [5.74, 6) is -0.689. The molecule has 1 aromatic heterocycles. The van der Waals surface area contributed by atoms with Crippen LogP contribution < -0.4 is 14.8 Å². The second kappa shape index (κ2) is 11.7. The number of nitrogens with zero attached hydrogens (tertiary/aromatic N) is 1. The van der Waals surface area contributed by atoms with Crippen molar-refractivity contribution in [3.63, 3.8) is 0 Å². The van der Waals surface area contributed by atoms with E-state index in [0.29, 0.717) is 34.0 Å². The molecule has 1 N–H and O–H groups in total. The first-order valence-electron chi connectivity index (χ1n) is 12.7. The first-order valence-corrected chi connectivity index (χ1v) is 15.6. The Kier molecular flexibility index (Phi) is 8.97. The number of benzene rings is 2. The Hall–Kier alpha value is -3.56. The minimum Gasteiger partial charge on any atom is -0.497 e. The van der Waals surface area contributed by atoms with Gasteiger partial charge in [0, 0.05) is 22.9 Å². The standard InChI is InChI=1S/C30H37FN2O5Si/c1-18-10-11-21(32-29(35)20-14-22(36-6)17-23(15-20)37-7)16-25(18)26-13-12-24(28(31)33-26)27(34)19(2)38-39(8,9)30(3,4)5/h10-17,19H,1-9H3,(H,32,35)/t19-/m0/s1. The number of aryl methyl sites for hydroxylation is 1. The monoisotopic (exact) mass is 552 g/mol. The number of carbonyl (C=O) groups is 2. The Bertz CT molecular complexity index is 1360. The van der Waals surface area contributed by atoms with Gasteiger partial charge in [0.1, 0.15) is 17.6 Å². The molecule has 39 heavy (non-hydrogen) atoms. The number of halogens is 1. The molecule has 1 heterocycles. The first-order chi connectivity index (χ1) is 18.2. The molecule has 2 aromatic carbocycles. The number of nitrogens with one attached hydrogen (secondary N) is 1. The Morgan fingerprint density at radius 2 is 1.59 bits per heavy atom. The maximum Gasteiger partial charge on any atom is 0.255 e. The molecule has 208 valence electrons. The van der Waals surface area contributed by atoms with Crippen LogP contribution in [0.15, 0.2) is 48.5 Å². The van der Waals surface area contributed by atoms with Gasteiger partial charge in [0.2, 0.25) is 5.95 Å². The molecule has 0 radical (unpaired) electrons. The molecular formula is C30H37FN2O5Si. The molecule has 1 atom stereocenters. The van der Waals surface area contributed by atoms with Gasteiger partial charge in [0.25, 0.3) is 5.91 Å². The summed E-state index contributed by atoms with van der Waals surface area (Å²) in [7, 11) is 0.800. The summed E-state index contributed by atoms with van der Waals surface area (Å²) < 4.78 is 31.8. The molecule has 0 saturated carbocycles. The van der Waals surface area contributed by atoms with E-state index in [4.69, 9.17) is 13.9 Å². The molecule has 0 bridgehead atoms. The van der Waals surface area contributed by atoms with Crippen LogP contribution >= 0.6 is 0 Å². The number of Topliss-reactive ketones (excluding diaryl/α,β-unsaturated/α-hetero) is 1. The van der Waals surface area contributed by atoms with E-state index in [-0.39, 0.29) is 16.5 Å². The third-order valence-corrected chi connectivity index (χ3v) is 11.7. The summed E-state index contributed by atoms with van der Waals surface area (Å²) in [5, 5.41) is 2.77.